The molecule has 112 valence electrons. The fourth-order valence-corrected chi connectivity index (χ4v) is 2.37. The van der Waals surface area contributed by atoms with Crippen molar-refractivity contribution < 1.29 is 13.9 Å². The highest BCUT2D eigenvalue weighted by atomic mass is 35.5. The van der Waals surface area contributed by atoms with Crippen LogP contribution in [0.3, 0.4) is 0 Å². The van der Waals surface area contributed by atoms with E-state index in [4.69, 9.17) is 21.1 Å². The third kappa shape index (κ3) is 2.55. The fraction of sp³-hybridized carbons (Fsp3) is 0.125. The predicted molar refractivity (Wildman–Crippen MR) is 83.0 cm³/mol. The molecule has 0 fully saturated rings. The minimum Gasteiger partial charge on any atom is -0.497 e. The Kier molecular flexibility index (Phi) is 3.81. The van der Waals surface area contributed by atoms with E-state index in [0.29, 0.717) is 33.5 Å². The highest BCUT2D eigenvalue weighted by molar-refractivity contribution is 6.28. The third-order valence-electron chi connectivity index (χ3n) is 3.33. The molecule has 2 aromatic carbocycles. The van der Waals surface area contributed by atoms with Crippen LogP contribution >= 0.6 is 11.6 Å². The first-order chi connectivity index (χ1) is 10.6. The van der Waals surface area contributed by atoms with Crippen molar-refractivity contribution in [3.8, 4) is 22.6 Å². The largest absolute Gasteiger partial charge is 0.497 e. The molecule has 0 radical (unpaired) electrons. The summed E-state index contributed by atoms with van der Waals surface area (Å²) >= 11 is 5.73. The quantitative estimate of drug-likeness (QED) is 0.682. The van der Waals surface area contributed by atoms with Crippen molar-refractivity contribution in [3.63, 3.8) is 0 Å². The molecule has 0 atom stereocenters. The van der Waals surface area contributed by atoms with E-state index in [0.717, 1.165) is 0 Å². The lowest BCUT2D eigenvalue weighted by Crippen LogP contribution is -1.93. The zero-order valence-electron chi connectivity index (χ0n) is 11.9. The molecule has 0 aliphatic heterocycles. The molecule has 4 nitrogen and oxygen atoms in total. The van der Waals surface area contributed by atoms with Crippen molar-refractivity contribution in [3.05, 3.63) is 47.6 Å². The van der Waals surface area contributed by atoms with Crippen LogP contribution in [0.1, 0.15) is 0 Å². The molecule has 1 aromatic heterocycles. The lowest BCUT2D eigenvalue weighted by atomic mass is 10.0. The second-order valence-electron chi connectivity index (χ2n) is 4.60. The van der Waals surface area contributed by atoms with Gasteiger partial charge in [0.1, 0.15) is 17.3 Å². The molecule has 6 heteroatoms. The van der Waals surface area contributed by atoms with Crippen molar-refractivity contribution in [2.75, 3.05) is 14.2 Å². The minimum absolute atomic E-state index is 0.0858. The zero-order valence-corrected chi connectivity index (χ0v) is 12.7. The Labute approximate surface area is 131 Å². The van der Waals surface area contributed by atoms with Gasteiger partial charge in [0.2, 0.25) is 5.28 Å². The van der Waals surface area contributed by atoms with Crippen LogP contribution < -0.4 is 9.47 Å². The summed E-state index contributed by atoms with van der Waals surface area (Å²) in [5.74, 6) is 0.756. The van der Waals surface area contributed by atoms with Gasteiger partial charge < -0.3 is 9.47 Å². The lowest BCUT2D eigenvalue weighted by molar-refractivity contribution is 0.394. The molecule has 3 rings (SSSR count). The molecule has 0 unspecified atom stereocenters. The number of halogens is 2. The number of aromatic nitrogens is 2. The van der Waals surface area contributed by atoms with Gasteiger partial charge >= 0.3 is 0 Å². The first-order valence-electron chi connectivity index (χ1n) is 6.46. The molecule has 0 saturated heterocycles. The molecule has 3 aromatic rings. The van der Waals surface area contributed by atoms with Crippen molar-refractivity contribution in [1.29, 1.82) is 0 Å². The zero-order chi connectivity index (χ0) is 15.7. The average molecular weight is 319 g/mol. The lowest BCUT2D eigenvalue weighted by Gasteiger charge is -2.10. The number of rotatable bonds is 3. The maximum Gasteiger partial charge on any atom is 0.222 e. The van der Waals surface area contributed by atoms with E-state index in [-0.39, 0.29) is 5.28 Å². The number of methoxy groups -OCH3 is 2. The summed E-state index contributed by atoms with van der Waals surface area (Å²) in [6, 6.07) is 8.56. The maximum atomic E-state index is 14.8. The molecular formula is C16H12ClFN2O2. The van der Waals surface area contributed by atoms with Gasteiger partial charge in [-0.1, -0.05) is 0 Å². The molecular weight excluding hydrogens is 307 g/mol. The number of hydrogen-bond acceptors (Lipinski definition) is 4. The van der Waals surface area contributed by atoms with Gasteiger partial charge in [0.25, 0.3) is 0 Å². The van der Waals surface area contributed by atoms with Gasteiger partial charge in [-0.15, -0.1) is 0 Å². The fourth-order valence-electron chi connectivity index (χ4n) is 2.24. The van der Waals surface area contributed by atoms with Gasteiger partial charge in [-0.2, -0.15) is 0 Å². The van der Waals surface area contributed by atoms with E-state index in [9.17, 15) is 4.39 Å². The predicted octanol–water partition coefficient (Wildman–Crippen LogP) is 4.11. The number of fused-ring (bicyclic) bond motifs is 1. The Morgan fingerprint density at radius 2 is 1.73 bits per heavy atom. The Balaban J connectivity index is 2.22. The molecule has 0 N–H and O–H groups in total. The molecule has 22 heavy (non-hydrogen) atoms. The van der Waals surface area contributed by atoms with Crippen LogP contribution in [0.4, 0.5) is 4.39 Å². The Morgan fingerprint density at radius 3 is 2.36 bits per heavy atom. The summed E-state index contributed by atoms with van der Waals surface area (Å²) in [4.78, 5) is 7.84. The average Bonchev–Trinajstić information content (AvgIpc) is 2.54. The highest BCUT2D eigenvalue weighted by Gasteiger charge is 2.13. The van der Waals surface area contributed by atoms with Crippen LogP contribution in [0.25, 0.3) is 22.0 Å². The van der Waals surface area contributed by atoms with E-state index in [1.807, 2.05) is 0 Å². The van der Waals surface area contributed by atoms with E-state index < -0.39 is 5.82 Å². The van der Waals surface area contributed by atoms with Gasteiger partial charge in [-0.3, -0.25) is 0 Å². The van der Waals surface area contributed by atoms with Crippen molar-refractivity contribution in [2.45, 2.75) is 0 Å². The minimum atomic E-state index is -0.413. The van der Waals surface area contributed by atoms with Gasteiger partial charge in [0.15, 0.2) is 0 Å². The van der Waals surface area contributed by atoms with Crippen LogP contribution in [0.15, 0.2) is 36.5 Å². The monoisotopic (exact) mass is 318 g/mol. The van der Waals surface area contributed by atoms with Crippen LogP contribution in [-0.4, -0.2) is 24.2 Å². The third-order valence-corrected chi connectivity index (χ3v) is 3.51. The standard InChI is InChI=1S/C16H12ClFN2O2/c1-21-10-5-9(6-11(7-10)22-2)12-3-4-14-13(15(12)18)8-19-16(17)20-14/h3-8H,1-2H3. The van der Waals surface area contributed by atoms with Crippen LogP contribution in [0.5, 0.6) is 11.5 Å². The summed E-state index contributed by atoms with van der Waals surface area (Å²) in [5, 5.41) is 0.395. The van der Waals surface area contributed by atoms with E-state index in [2.05, 4.69) is 9.97 Å². The number of benzene rings is 2. The molecule has 1 heterocycles. The van der Waals surface area contributed by atoms with Gasteiger partial charge in [0, 0.05) is 17.8 Å². The summed E-state index contributed by atoms with van der Waals surface area (Å²) in [6.07, 6.45) is 1.38. The first-order valence-corrected chi connectivity index (χ1v) is 6.84. The molecule has 0 bridgehead atoms. The normalized spacial score (nSPS) is 10.7. The van der Waals surface area contributed by atoms with Gasteiger partial charge in [-0.05, 0) is 41.4 Å². The highest BCUT2D eigenvalue weighted by Crippen LogP contribution is 2.33. The molecule has 0 amide bonds. The van der Waals surface area contributed by atoms with Crippen molar-refractivity contribution in [2.24, 2.45) is 0 Å². The Bertz CT molecular complexity index is 833. The van der Waals surface area contributed by atoms with Gasteiger partial charge in [0.05, 0.1) is 25.1 Å². The number of hydrogen-bond donors (Lipinski definition) is 0. The van der Waals surface area contributed by atoms with Crippen molar-refractivity contribution in [1.82, 2.24) is 9.97 Å². The van der Waals surface area contributed by atoms with E-state index in [1.54, 1.807) is 44.6 Å². The smallest absolute Gasteiger partial charge is 0.222 e. The number of ether oxygens (including phenoxy) is 2. The second kappa shape index (κ2) is 5.77. The van der Waals surface area contributed by atoms with Crippen LogP contribution in [0.2, 0.25) is 5.28 Å². The van der Waals surface area contributed by atoms with E-state index in [1.165, 1.54) is 6.20 Å². The first kappa shape index (κ1) is 14.5. The second-order valence-corrected chi connectivity index (χ2v) is 4.94. The SMILES string of the molecule is COc1cc(OC)cc(-c2ccc3nc(Cl)ncc3c2F)c1. The topological polar surface area (TPSA) is 44.2 Å². The summed E-state index contributed by atoms with van der Waals surface area (Å²) in [5.41, 5.74) is 1.51. The summed E-state index contributed by atoms with van der Waals surface area (Å²) in [7, 11) is 3.09. The van der Waals surface area contributed by atoms with Gasteiger partial charge in [-0.25, -0.2) is 14.4 Å². The van der Waals surface area contributed by atoms with Crippen LogP contribution in [-0.2, 0) is 0 Å². The molecule has 0 aliphatic rings. The Hall–Kier alpha value is -2.40. The Morgan fingerprint density at radius 1 is 1.05 bits per heavy atom. The van der Waals surface area contributed by atoms with Crippen molar-refractivity contribution >= 4 is 22.5 Å². The van der Waals surface area contributed by atoms with E-state index >= 15 is 0 Å². The molecule has 0 spiro atoms. The summed E-state index contributed by atoms with van der Waals surface area (Å²) in [6.45, 7) is 0. The van der Waals surface area contributed by atoms with Crippen LogP contribution in [0, 0.1) is 5.82 Å². The molecule has 0 saturated carbocycles. The summed E-state index contributed by atoms with van der Waals surface area (Å²) < 4.78 is 25.2. The molecule has 0 aliphatic carbocycles. The number of nitrogens with zero attached hydrogens (tertiary/aromatic N) is 2. The maximum absolute atomic E-state index is 14.8.